The lowest BCUT2D eigenvalue weighted by molar-refractivity contribution is 0.00724. The average Bonchev–Trinajstić information content (AvgIpc) is 2.35. The van der Waals surface area contributed by atoms with Crippen LogP contribution in [0.4, 0.5) is 0 Å². The van der Waals surface area contributed by atoms with E-state index >= 15 is 0 Å². The molecule has 108 valence electrons. The summed E-state index contributed by atoms with van der Waals surface area (Å²) in [5.41, 5.74) is 3.53. The molecule has 19 heavy (non-hydrogen) atoms. The summed E-state index contributed by atoms with van der Waals surface area (Å²) in [6.07, 6.45) is 0.889. The summed E-state index contributed by atoms with van der Waals surface area (Å²) in [6.45, 7) is 8.43. The summed E-state index contributed by atoms with van der Waals surface area (Å²) < 4.78 is 11.1. The summed E-state index contributed by atoms with van der Waals surface area (Å²) in [7, 11) is 5.47. The third-order valence-corrected chi connectivity index (χ3v) is 3.66. The van der Waals surface area contributed by atoms with Crippen LogP contribution in [0.2, 0.25) is 0 Å². The molecule has 1 aromatic carbocycles. The van der Waals surface area contributed by atoms with Crippen molar-refractivity contribution >= 4 is 0 Å². The van der Waals surface area contributed by atoms with E-state index in [1.807, 2.05) is 7.05 Å². The van der Waals surface area contributed by atoms with Crippen molar-refractivity contribution in [3.8, 4) is 5.75 Å². The Morgan fingerprint density at radius 1 is 1.21 bits per heavy atom. The minimum Gasteiger partial charge on any atom is -0.496 e. The molecule has 0 aliphatic carbocycles. The minimum absolute atomic E-state index is 0.171. The van der Waals surface area contributed by atoms with Crippen LogP contribution >= 0.6 is 0 Å². The van der Waals surface area contributed by atoms with Gasteiger partial charge in [-0.1, -0.05) is 6.07 Å². The molecule has 3 heteroatoms. The van der Waals surface area contributed by atoms with Gasteiger partial charge in [-0.2, -0.15) is 0 Å². The first kappa shape index (κ1) is 16.0. The second-order valence-corrected chi connectivity index (χ2v) is 5.71. The normalized spacial score (nSPS) is 13.4. The lowest BCUT2D eigenvalue weighted by atomic mass is 9.90. The van der Waals surface area contributed by atoms with Crippen molar-refractivity contribution in [3.63, 3.8) is 0 Å². The van der Waals surface area contributed by atoms with E-state index in [1.165, 1.54) is 16.7 Å². The van der Waals surface area contributed by atoms with Gasteiger partial charge in [-0.3, -0.25) is 0 Å². The molecule has 0 fully saturated rings. The van der Waals surface area contributed by atoms with Crippen LogP contribution in [0.25, 0.3) is 0 Å². The van der Waals surface area contributed by atoms with Crippen LogP contribution in [0.3, 0.4) is 0 Å². The Kier molecular flexibility index (Phi) is 5.39. The molecule has 1 unspecified atom stereocenters. The highest BCUT2D eigenvalue weighted by Gasteiger charge is 2.26. The number of rotatable bonds is 6. The molecule has 0 aromatic heterocycles. The molecule has 0 radical (unpaired) electrons. The van der Waals surface area contributed by atoms with Gasteiger partial charge >= 0.3 is 0 Å². The zero-order valence-corrected chi connectivity index (χ0v) is 13.3. The van der Waals surface area contributed by atoms with E-state index in [1.54, 1.807) is 14.2 Å². The highest BCUT2D eigenvalue weighted by Crippen LogP contribution is 2.34. The van der Waals surface area contributed by atoms with Crippen molar-refractivity contribution in [1.82, 2.24) is 5.32 Å². The van der Waals surface area contributed by atoms with Crippen molar-refractivity contribution < 1.29 is 9.47 Å². The van der Waals surface area contributed by atoms with Gasteiger partial charge in [0.05, 0.1) is 12.7 Å². The molecule has 0 saturated carbocycles. The maximum atomic E-state index is 5.56. The van der Waals surface area contributed by atoms with Gasteiger partial charge < -0.3 is 14.8 Å². The highest BCUT2D eigenvalue weighted by atomic mass is 16.5. The highest BCUT2D eigenvalue weighted by molar-refractivity contribution is 5.45. The largest absolute Gasteiger partial charge is 0.496 e. The first-order valence-corrected chi connectivity index (χ1v) is 6.72. The van der Waals surface area contributed by atoms with Gasteiger partial charge in [-0.15, -0.1) is 0 Å². The van der Waals surface area contributed by atoms with Gasteiger partial charge in [0.15, 0.2) is 0 Å². The monoisotopic (exact) mass is 265 g/mol. The maximum Gasteiger partial charge on any atom is 0.124 e. The van der Waals surface area contributed by atoms with Crippen molar-refractivity contribution in [2.24, 2.45) is 0 Å². The number of methoxy groups -OCH3 is 2. The zero-order valence-electron chi connectivity index (χ0n) is 13.3. The zero-order chi connectivity index (χ0) is 14.6. The van der Waals surface area contributed by atoms with Crippen LogP contribution in [0, 0.1) is 13.8 Å². The van der Waals surface area contributed by atoms with E-state index in [9.17, 15) is 0 Å². The van der Waals surface area contributed by atoms with Crippen LogP contribution in [0.5, 0.6) is 5.75 Å². The fourth-order valence-electron chi connectivity index (χ4n) is 2.48. The first-order valence-electron chi connectivity index (χ1n) is 6.72. The molecule has 0 heterocycles. The molecule has 1 N–H and O–H groups in total. The fourth-order valence-corrected chi connectivity index (χ4v) is 2.48. The Labute approximate surface area is 117 Å². The van der Waals surface area contributed by atoms with Crippen LogP contribution < -0.4 is 10.1 Å². The molecule has 0 aliphatic heterocycles. The van der Waals surface area contributed by atoms with Crippen molar-refractivity contribution in [2.45, 2.75) is 45.8 Å². The van der Waals surface area contributed by atoms with Gasteiger partial charge in [0, 0.05) is 18.7 Å². The Morgan fingerprint density at radius 3 is 2.32 bits per heavy atom. The summed E-state index contributed by atoms with van der Waals surface area (Å²) in [5, 5.41) is 3.38. The molecule has 0 aliphatic rings. The molecule has 0 bridgehead atoms. The standard InChI is InChI=1S/C16H27NO2/c1-11-8-12(2)15(14(9-11)18-6)13(17-5)10-16(3,4)19-7/h8-9,13,17H,10H2,1-7H3. The topological polar surface area (TPSA) is 30.5 Å². The molecule has 1 rings (SSSR count). The molecule has 3 nitrogen and oxygen atoms in total. The quantitative estimate of drug-likeness (QED) is 0.855. The summed E-state index contributed by atoms with van der Waals surface area (Å²) >= 11 is 0. The van der Waals surface area contributed by atoms with Crippen molar-refractivity contribution in [1.29, 1.82) is 0 Å². The third-order valence-electron chi connectivity index (χ3n) is 3.66. The van der Waals surface area contributed by atoms with E-state index in [4.69, 9.17) is 9.47 Å². The molecule has 0 spiro atoms. The summed E-state index contributed by atoms with van der Waals surface area (Å²) in [5.74, 6) is 0.948. The number of hydrogen-bond donors (Lipinski definition) is 1. The van der Waals surface area contributed by atoms with Crippen LogP contribution in [0.15, 0.2) is 12.1 Å². The van der Waals surface area contributed by atoms with Gasteiger partial charge in [-0.25, -0.2) is 0 Å². The predicted molar refractivity (Wildman–Crippen MR) is 80.0 cm³/mol. The number of nitrogens with one attached hydrogen (secondary N) is 1. The van der Waals surface area contributed by atoms with E-state index in [2.05, 4.69) is 45.1 Å². The smallest absolute Gasteiger partial charge is 0.124 e. The van der Waals surface area contributed by atoms with Gasteiger partial charge in [-0.05, 0) is 58.4 Å². The SMILES string of the molecule is CNC(CC(C)(C)OC)c1c(C)cc(C)cc1OC. The van der Waals surface area contributed by atoms with Crippen LogP contribution in [-0.2, 0) is 4.74 Å². The van der Waals surface area contributed by atoms with Gasteiger partial charge in [0.1, 0.15) is 5.75 Å². The predicted octanol–water partition coefficient (Wildman–Crippen LogP) is 3.39. The first-order chi connectivity index (χ1) is 8.84. The summed E-state index contributed by atoms with van der Waals surface area (Å²) in [6, 6.07) is 4.50. The third kappa shape index (κ3) is 3.95. The van der Waals surface area contributed by atoms with Crippen molar-refractivity contribution in [2.75, 3.05) is 21.3 Å². The second-order valence-electron chi connectivity index (χ2n) is 5.71. The van der Waals surface area contributed by atoms with Crippen molar-refractivity contribution in [3.05, 3.63) is 28.8 Å². The Morgan fingerprint density at radius 2 is 1.84 bits per heavy atom. The van der Waals surface area contributed by atoms with Crippen LogP contribution in [0.1, 0.15) is 43.0 Å². The second kappa shape index (κ2) is 6.40. The lowest BCUT2D eigenvalue weighted by Crippen LogP contribution is -2.31. The van der Waals surface area contributed by atoms with E-state index in [0.29, 0.717) is 0 Å². The molecular weight excluding hydrogens is 238 g/mol. The number of ether oxygens (including phenoxy) is 2. The van der Waals surface area contributed by atoms with E-state index in [-0.39, 0.29) is 11.6 Å². The number of hydrogen-bond acceptors (Lipinski definition) is 3. The Balaban J connectivity index is 3.18. The van der Waals surface area contributed by atoms with Gasteiger partial charge in [0.25, 0.3) is 0 Å². The molecule has 0 amide bonds. The average molecular weight is 265 g/mol. The van der Waals surface area contributed by atoms with E-state index in [0.717, 1.165) is 12.2 Å². The number of benzene rings is 1. The fraction of sp³-hybridized carbons (Fsp3) is 0.625. The summed E-state index contributed by atoms with van der Waals surface area (Å²) in [4.78, 5) is 0. The van der Waals surface area contributed by atoms with Gasteiger partial charge in [0.2, 0.25) is 0 Å². The molecule has 1 aromatic rings. The Bertz CT molecular complexity index is 427. The van der Waals surface area contributed by atoms with Crippen LogP contribution in [-0.4, -0.2) is 26.9 Å². The van der Waals surface area contributed by atoms with E-state index < -0.39 is 0 Å². The maximum absolute atomic E-state index is 5.56. The number of aryl methyl sites for hydroxylation is 2. The minimum atomic E-state index is -0.171. The Hall–Kier alpha value is -1.06. The molecule has 0 saturated heterocycles. The molecular formula is C16H27NO2. The molecule has 1 atom stereocenters. The lowest BCUT2D eigenvalue weighted by Gasteiger charge is -2.30.